The fraction of sp³-hybridized carbons (Fsp3) is 0.188. The van der Waals surface area contributed by atoms with Crippen LogP contribution in [0.4, 0.5) is 11.4 Å². The minimum absolute atomic E-state index is 0.112. The summed E-state index contributed by atoms with van der Waals surface area (Å²) in [6.07, 6.45) is -0.514. The maximum absolute atomic E-state index is 11.9. The third-order valence-corrected chi connectivity index (χ3v) is 3.69. The summed E-state index contributed by atoms with van der Waals surface area (Å²) in [4.78, 5) is 24.2. The summed E-state index contributed by atoms with van der Waals surface area (Å²) in [5, 5.41) is 10.8. The van der Waals surface area contributed by atoms with Gasteiger partial charge in [-0.2, -0.15) is 0 Å². The van der Waals surface area contributed by atoms with Gasteiger partial charge in [0.15, 0.2) is 6.10 Å². The Labute approximate surface area is 127 Å². The molecule has 0 saturated heterocycles. The standard InChI is InChI=1S/C16H14N2O4/c1-17(2)11-5-3-10(4-6-11)15-13-8-7-12(18(20)21)9-14(13)16(19)22-15/h3-9,15H,1-2H3. The number of nitrogens with zero attached hydrogens (tertiary/aromatic N) is 2. The van der Waals surface area contributed by atoms with Gasteiger partial charge in [-0.25, -0.2) is 4.79 Å². The molecule has 0 N–H and O–H groups in total. The second kappa shape index (κ2) is 5.14. The van der Waals surface area contributed by atoms with E-state index < -0.39 is 17.0 Å². The second-order valence-corrected chi connectivity index (χ2v) is 5.30. The molecule has 0 radical (unpaired) electrons. The van der Waals surface area contributed by atoms with E-state index >= 15 is 0 Å². The van der Waals surface area contributed by atoms with Crippen LogP contribution in [0, 0.1) is 10.1 Å². The van der Waals surface area contributed by atoms with Gasteiger partial charge in [0.2, 0.25) is 0 Å². The Morgan fingerprint density at radius 1 is 1.14 bits per heavy atom. The molecule has 1 atom stereocenters. The van der Waals surface area contributed by atoms with Crippen molar-refractivity contribution >= 4 is 17.3 Å². The van der Waals surface area contributed by atoms with E-state index in [0.717, 1.165) is 11.3 Å². The predicted octanol–water partition coefficient (Wildman–Crippen LogP) is 2.92. The largest absolute Gasteiger partial charge is 0.449 e. The number of cyclic esters (lactones) is 1. The average Bonchev–Trinajstić information content (AvgIpc) is 2.84. The number of esters is 1. The van der Waals surface area contributed by atoms with Gasteiger partial charge in [0.1, 0.15) is 0 Å². The molecule has 0 saturated carbocycles. The number of anilines is 1. The summed E-state index contributed by atoms with van der Waals surface area (Å²) in [6.45, 7) is 0. The number of non-ortho nitro benzene ring substituents is 1. The van der Waals surface area contributed by atoms with Gasteiger partial charge in [-0.15, -0.1) is 0 Å². The highest BCUT2D eigenvalue weighted by Crippen LogP contribution is 2.37. The first-order valence-corrected chi connectivity index (χ1v) is 6.74. The topological polar surface area (TPSA) is 72.7 Å². The van der Waals surface area contributed by atoms with E-state index in [1.54, 1.807) is 6.07 Å². The first kappa shape index (κ1) is 14.1. The fourth-order valence-electron chi connectivity index (χ4n) is 2.49. The molecule has 1 aliphatic rings. The van der Waals surface area contributed by atoms with E-state index in [1.165, 1.54) is 12.1 Å². The minimum atomic E-state index is -0.527. The lowest BCUT2D eigenvalue weighted by Crippen LogP contribution is -2.08. The molecule has 3 rings (SSSR count). The van der Waals surface area contributed by atoms with Crippen molar-refractivity contribution in [2.24, 2.45) is 0 Å². The zero-order valence-electron chi connectivity index (χ0n) is 12.1. The lowest BCUT2D eigenvalue weighted by Gasteiger charge is -2.15. The Bertz CT molecular complexity index is 753. The first-order valence-electron chi connectivity index (χ1n) is 6.74. The minimum Gasteiger partial charge on any atom is -0.449 e. The third kappa shape index (κ3) is 2.28. The van der Waals surface area contributed by atoms with Crippen molar-refractivity contribution in [1.82, 2.24) is 0 Å². The maximum Gasteiger partial charge on any atom is 0.339 e. The molecule has 1 unspecified atom stereocenters. The Hall–Kier alpha value is -2.89. The van der Waals surface area contributed by atoms with Crippen LogP contribution in [0.1, 0.15) is 27.6 Å². The molecule has 2 aromatic carbocycles. The number of fused-ring (bicyclic) bond motifs is 1. The molecule has 22 heavy (non-hydrogen) atoms. The zero-order valence-corrected chi connectivity index (χ0v) is 12.1. The Balaban J connectivity index is 1.99. The van der Waals surface area contributed by atoms with Crippen molar-refractivity contribution in [2.45, 2.75) is 6.10 Å². The zero-order chi connectivity index (χ0) is 15.9. The SMILES string of the molecule is CN(C)c1ccc(C2OC(=O)c3cc([N+](=O)[O-])ccc32)cc1. The van der Waals surface area contributed by atoms with Crippen molar-refractivity contribution in [3.63, 3.8) is 0 Å². The van der Waals surface area contributed by atoms with Gasteiger partial charge in [-0.05, 0) is 23.8 Å². The smallest absolute Gasteiger partial charge is 0.339 e. The van der Waals surface area contributed by atoms with Crippen LogP contribution in [0.3, 0.4) is 0 Å². The lowest BCUT2D eigenvalue weighted by molar-refractivity contribution is -0.384. The van der Waals surface area contributed by atoms with Crippen LogP contribution in [0.25, 0.3) is 0 Å². The summed E-state index contributed by atoms with van der Waals surface area (Å²) in [7, 11) is 3.89. The summed E-state index contributed by atoms with van der Waals surface area (Å²) in [5.74, 6) is -0.527. The third-order valence-electron chi connectivity index (χ3n) is 3.69. The van der Waals surface area contributed by atoms with Gasteiger partial charge in [0.05, 0.1) is 10.5 Å². The van der Waals surface area contributed by atoms with Gasteiger partial charge < -0.3 is 9.64 Å². The van der Waals surface area contributed by atoms with Crippen LogP contribution in [0.15, 0.2) is 42.5 Å². The molecule has 6 heteroatoms. The van der Waals surface area contributed by atoms with Crippen molar-refractivity contribution in [3.8, 4) is 0 Å². The number of rotatable bonds is 3. The van der Waals surface area contributed by atoms with E-state index in [2.05, 4.69) is 0 Å². The summed E-state index contributed by atoms with van der Waals surface area (Å²) in [5.41, 5.74) is 2.69. The van der Waals surface area contributed by atoms with E-state index in [0.29, 0.717) is 5.56 Å². The Morgan fingerprint density at radius 2 is 1.82 bits per heavy atom. The van der Waals surface area contributed by atoms with Crippen molar-refractivity contribution in [2.75, 3.05) is 19.0 Å². The Morgan fingerprint density at radius 3 is 2.41 bits per heavy atom. The van der Waals surface area contributed by atoms with E-state index in [4.69, 9.17) is 4.74 Å². The van der Waals surface area contributed by atoms with Crippen LogP contribution in [0.2, 0.25) is 0 Å². The van der Waals surface area contributed by atoms with E-state index in [1.807, 2.05) is 43.3 Å². The summed E-state index contributed by atoms with van der Waals surface area (Å²) in [6, 6.07) is 11.9. The van der Waals surface area contributed by atoms with Gasteiger partial charge in [0, 0.05) is 37.5 Å². The number of ether oxygens (including phenoxy) is 1. The highest BCUT2D eigenvalue weighted by Gasteiger charge is 2.33. The number of carbonyl (C=O) groups is 1. The normalized spacial score (nSPS) is 16.1. The molecule has 0 fully saturated rings. The summed E-state index contributed by atoms with van der Waals surface area (Å²) < 4.78 is 5.38. The molecule has 6 nitrogen and oxygen atoms in total. The molecule has 0 aromatic heterocycles. The maximum atomic E-state index is 11.9. The lowest BCUT2D eigenvalue weighted by atomic mass is 9.98. The number of hydrogen-bond acceptors (Lipinski definition) is 5. The number of hydrogen-bond donors (Lipinski definition) is 0. The molecule has 112 valence electrons. The molecular formula is C16H14N2O4. The Kier molecular flexibility index (Phi) is 3.29. The summed E-state index contributed by atoms with van der Waals surface area (Å²) >= 11 is 0. The van der Waals surface area contributed by atoms with Crippen LogP contribution in [0.5, 0.6) is 0 Å². The van der Waals surface area contributed by atoms with Crippen LogP contribution in [-0.2, 0) is 4.74 Å². The van der Waals surface area contributed by atoms with Gasteiger partial charge in [-0.3, -0.25) is 10.1 Å². The van der Waals surface area contributed by atoms with Crippen molar-refractivity contribution in [3.05, 3.63) is 69.3 Å². The highest BCUT2D eigenvalue weighted by atomic mass is 16.6. The number of benzene rings is 2. The molecule has 0 bridgehead atoms. The van der Waals surface area contributed by atoms with E-state index in [-0.39, 0.29) is 11.3 Å². The van der Waals surface area contributed by atoms with E-state index in [9.17, 15) is 14.9 Å². The monoisotopic (exact) mass is 298 g/mol. The molecule has 0 aliphatic carbocycles. The average molecular weight is 298 g/mol. The molecule has 1 heterocycles. The highest BCUT2D eigenvalue weighted by molar-refractivity contribution is 5.95. The second-order valence-electron chi connectivity index (χ2n) is 5.30. The molecule has 0 amide bonds. The predicted molar refractivity (Wildman–Crippen MR) is 81.1 cm³/mol. The van der Waals surface area contributed by atoms with Gasteiger partial charge in [0.25, 0.3) is 5.69 Å². The molecule has 1 aliphatic heterocycles. The van der Waals surface area contributed by atoms with Crippen LogP contribution in [-0.4, -0.2) is 25.0 Å². The first-order chi connectivity index (χ1) is 10.5. The quantitative estimate of drug-likeness (QED) is 0.495. The van der Waals surface area contributed by atoms with Crippen LogP contribution < -0.4 is 4.90 Å². The number of nitro benzene ring substituents is 1. The van der Waals surface area contributed by atoms with Gasteiger partial charge in [-0.1, -0.05) is 12.1 Å². The van der Waals surface area contributed by atoms with Crippen LogP contribution >= 0.6 is 0 Å². The molecular weight excluding hydrogens is 284 g/mol. The van der Waals surface area contributed by atoms with Crippen molar-refractivity contribution in [1.29, 1.82) is 0 Å². The number of nitro groups is 1. The number of carbonyl (C=O) groups excluding carboxylic acids is 1. The fourth-order valence-corrected chi connectivity index (χ4v) is 2.49. The van der Waals surface area contributed by atoms with Crippen molar-refractivity contribution < 1.29 is 14.5 Å². The van der Waals surface area contributed by atoms with Gasteiger partial charge >= 0.3 is 5.97 Å². The molecule has 0 spiro atoms. The molecule has 2 aromatic rings.